The van der Waals surface area contributed by atoms with E-state index in [2.05, 4.69) is 0 Å². The Kier molecular flexibility index (Phi) is 4.36. The fourth-order valence-corrected chi connectivity index (χ4v) is 2.91. The molecule has 0 saturated carbocycles. The number of hydrogen-bond donors (Lipinski definition) is 1. The summed E-state index contributed by atoms with van der Waals surface area (Å²) in [5.74, 6) is -1.24. The van der Waals surface area contributed by atoms with Crippen molar-refractivity contribution >= 4 is 11.5 Å². The molecule has 0 saturated heterocycles. The smallest absolute Gasteiger partial charge is 0.336 e. The van der Waals surface area contributed by atoms with Crippen LogP contribution in [0.1, 0.15) is 40.2 Å². The molecule has 1 N–H and O–H groups in total. The molecule has 0 fully saturated rings. The van der Waals surface area contributed by atoms with Crippen molar-refractivity contribution in [2.24, 2.45) is 0 Å². The minimum atomic E-state index is -0.955. The highest BCUT2D eigenvalue weighted by atomic mass is 19.1. The van der Waals surface area contributed by atoms with Crippen molar-refractivity contribution in [3.63, 3.8) is 0 Å². The Balaban J connectivity index is 1.92. The maximum atomic E-state index is 13.0. The first-order valence-corrected chi connectivity index (χ1v) is 7.67. The van der Waals surface area contributed by atoms with Crippen LogP contribution in [0.25, 0.3) is 5.52 Å². The fourth-order valence-electron chi connectivity index (χ4n) is 2.91. The summed E-state index contributed by atoms with van der Waals surface area (Å²) in [6, 6.07) is 11.5. The van der Waals surface area contributed by atoms with Gasteiger partial charge in [0.1, 0.15) is 5.82 Å². The van der Waals surface area contributed by atoms with E-state index in [1.165, 1.54) is 12.1 Å². The van der Waals surface area contributed by atoms with Crippen LogP contribution < -0.4 is 0 Å². The maximum absolute atomic E-state index is 13.0. The van der Waals surface area contributed by atoms with Crippen molar-refractivity contribution in [3.8, 4) is 0 Å². The number of halogens is 1. The number of carbonyl (C=O) groups is 1. The second-order valence-electron chi connectivity index (χ2n) is 5.76. The standard InChI is InChI=1S/C19H18FNO3/c1-12-17(19(22)23)10-16-4-3-9-21(16)18(12)13(2)24-11-14-5-7-15(20)8-6-14/h3-10,13H,11H2,1-2H3,(H,22,23). The highest BCUT2D eigenvalue weighted by Crippen LogP contribution is 2.27. The van der Waals surface area contributed by atoms with Crippen LogP contribution in [0.15, 0.2) is 48.7 Å². The number of carboxylic acid groups (broad SMARTS) is 1. The lowest BCUT2D eigenvalue weighted by atomic mass is 10.0. The normalized spacial score (nSPS) is 12.5. The third-order valence-corrected chi connectivity index (χ3v) is 4.15. The minimum Gasteiger partial charge on any atom is -0.478 e. The summed E-state index contributed by atoms with van der Waals surface area (Å²) in [5, 5.41) is 9.42. The summed E-state index contributed by atoms with van der Waals surface area (Å²) in [5.41, 5.74) is 3.42. The molecule has 5 heteroatoms. The Bertz CT molecular complexity index is 884. The summed E-state index contributed by atoms with van der Waals surface area (Å²) < 4.78 is 20.8. The molecule has 24 heavy (non-hydrogen) atoms. The van der Waals surface area contributed by atoms with E-state index in [4.69, 9.17) is 4.74 Å². The summed E-state index contributed by atoms with van der Waals surface area (Å²) in [7, 11) is 0. The highest BCUT2D eigenvalue weighted by molar-refractivity contribution is 5.91. The average molecular weight is 327 g/mol. The number of fused-ring (bicyclic) bond motifs is 1. The molecule has 0 spiro atoms. The van der Waals surface area contributed by atoms with Gasteiger partial charge in [-0.15, -0.1) is 0 Å². The van der Waals surface area contributed by atoms with Crippen molar-refractivity contribution in [2.75, 3.05) is 0 Å². The molecule has 1 aromatic carbocycles. The largest absolute Gasteiger partial charge is 0.478 e. The molecule has 1 unspecified atom stereocenters. The van der Waals surface area contributed by atoms with E-state index >= 15 is 0 Å². The van der Waals surface area contributed by atoms with Crippen LogP contribution in [0, 0.1) is 12.7 Å². The Morgan fingerprint density at radius 1 is 1.29 bits per heavy atom. The lowest BCUT2D eigenvalue weighted by molar-refractivity contribution is 0.0483. The first-order valence-electron chi connectivity index (χ1n) is 7.67. The van der Waals surface area contributed by atoms with Crippen molar-refractivity contribution in [3.05, 3.63) is 76.9 Å². The zero-order chi connectivity index (χ0) is 17.3. The number of rotatable bonds is 5. The van der Waals surface area contributed by atoms with Crippen LogP contribution in [-0.4, -0.2) is 15.5 Å². The van der Waals surface area contributed by atoms with Crippen molar-refractivity contribution in [2.45, 2.75) is 26.6 Å². The Morgan fingerprint density at radius 2 is 2.00 bits per heavy atom. The second kappa shape index (κ2) is 6.45. The van der Waals surface area contributed by atoms with E-state index in [1.807, 2.05) is 29.7 Å². The third kappa shape index (κ3) is 3.03. The molecule has 124 valence electrons. The molecule has 0 bridgehead atoms. The van der Waals surface area contributed by atoms with Gasteiger partial charge in [-0.25, -0.2) is 9.18 Å². The molecule has 0 aliphatic rings. The lowest BCUT2D eigenvalue weighted by Gasteiger charge is -2.20. The van der Waals surface area contributed by atoms with E-state index in [-0.39, 0.29) is 17.5 Å². The highest BCUT2D eigenvalue weighted by Gasteiger charge is 2.19. The molecule has 2 heterocycles. The fraction of sp³-hybridized carbons (Fsp3) is 0.211. The van der Waals surface area contributed by atoms with Crippen molar-refractivity contribution < 1.29 is 19.0 Å². The van der Waals surface area contributed by atoms with Crippen LogP contribution in [0.5, 0.6) is 0 Å². The molecule has 3 aromatic rings. The molecule has 4 nitrogen and oxygen atoms in total. The zero-order valence-electron chi connectivity index (χ0n) is 13.5. The number of pyridine rings is 1. The number of aromatic nitrogens is 1. The molecule has 2 aromatic heterocycles. The van der Waals surface area contributed by atoms with Crippen molar-refractivity contribution in [1.82, 2.24) is 4.40 Å². The van der Waals surface area contributed by atoms with E-state index in [0.717, 1.165) is 16.8 Å². The molecular formula is C19H18FNO3. The number of aromatic carboxylic acids is 1. The number of benzene rings is 1. The van der Waals surface area contributed by atoms with E-state index in [9.17, 15) is 14.3 Å². The van der Waals surface area contributed by atoms with Crippen LogP contribution in [0.2, 0.25) is 0 Å². The Morgan fingerprint density at radius 3 is 2.67 bits per heavy atom. The van der Waals surface area contributed by atoms with Gasteiger partial charge in [-0.3, -0.25) is 0 Å². The average Bonchev–Trinajstić information content (AvgIpc) is 3.01. The Labute approximate surface area is 139 Å². The van der Waals surface area contributed by atoms with Gasteiger partial charge in [0.25, 0.3) is 0 Å². The Hall–Kier alpha value is -2.66. The van der Waals surface area contributed by atoms with Gasteiger partial charge >= 0.3 is 5.97 Å². The first kappa shape index (κ1) is 16.2. The van der Waals surface area contributed by atoms with Crippen LogP contribution >= 0.6 is 0 Å². The number of hydrogen-bond acceptors (Lipinski definition) is 2. The third-order valence-electron chi connectivity index (χ3n) is 4.15. The number of nitrogens with zero attached hydrogens (tertiary/aromatic N) is 1. The predicted molar refractivity (Wildman–Crippen MR) is 88.7 cm³/mol. The van der Waals surface area contributed by atoms with Gasteiger partial charge in [-0.05, 0) is 55.3 Å². The van der Waals surface area contributed by atoms with Crippen LogP contribution in [-0.2, 0) is 11.3 Å². The topological polar surface area (TPSA) is 50.9 Å². The number of ether oxygens (including phenoxy) is 1. The zero-order valence-corrected chi connectivity index (χ0v) is 13.5. The molecule has 3 rings (SSSR count). The quantitative estimate of drug-likeness (QED) is 0.757. The molecule has 0 amide bonds. The van der Waals surface area contributed by atoms with E-state index in [1.54, 1.807) is 25.1 Å². The summed E-state index contributed by atoms with van der Waals surface area (Å²) in [6.45, 7) is 3.99. The predicted octanol–water partition coefficient (Wildman–Crippen LogP) is 4.36. The summed E-state index contributed by atoms with van der Waals surface area (Å²) in [4.78, 5) is 11.5. The van der Waals surface area contributed by atoms with Gasteiger partial charge in [-0.2, -0.15) is 0 Å². The molecule has 0 radical (unpaired) electrons. The monoisotopic (exact) mass is 327 g/mol. The molecule has 1 atom stereocenters. The molecule has 0 aliphatic carbocycles. The molecule has 0 aliphatic heterocycles. The van der Waals surface area contributed by atoms with Gasteiger partial charge < -0.3 is 14.2 Å². The van der Waals surface area contributed by atoms with E-state index in [0.29, 0.717) is 12.2 Å². The van der Waals surface area contributed by atoms with Gasteiger partial charge in [0.15, 0.2) is 0 Å². The summed E-state index contributed by atoms with van der Waals surface area (Å²) in [6.07, 6.45) is 1.57. The number of carboxylic acids is 1. The van der Waals surface area contributed by atoms with E-state index < -0.39 is 5.97 Å². The minimum absolute atomic E-state index is 0.272. The van der Waals surface area contributed by atoms with Crippen molar-refractivity contribution in [1.29, 1.82) is 0 Å². The maximum Gasteiger partial charge on any atom is 0.336 e. The molecular weight excluding hydrogens is 309 g/mol. The van der Waals surface area contributed by atoms with Gasteiger partial charge in [-0.1, -0.05) is 12.1 Å². The van der Waals surface area contributed by atoms with Crippen LogP contribution in [0.3, 0.4) is 0 Å². The van der Waals surface area contributed by atoms with Gasteiger partial charge in [0.2, 0.25) is 0 Å². The lowest BCUT2D eigenvalue weighted by Crippen LogP contribution is -2.12. The van der Waals surface area contributed by atoms with Gasteiger partial charge in [0.05, 0.1) is 24.0 Å². The second-order valence-corrected chi connectivity index (χ2v) is 5.76. The van der Waals surface area contributed by atoms with Crippen LogP contribution in [0.4, 0.5) is 4.39 Å². The van der Waals surface area contributed by atoms with Gasteiger partial charge in [0, 0.05) is 11.7 Å². The SMILES string of the molecule is Cc1c(C(=O)O)cc2cccn2c1C(C)OCc1ccc(F)cc1. The first-order chi connectivity index (χ1) is 11.5. The summed E-state index contributed by atoms with van der Waals surface area (Å²) >= 11 is 0.